The average molecular weight is 260 g/mol. The number of hydrogen-bond acceptors (Lipinski definition) is 5. The Labute approximate surface area is 166 Å². The van der Waals surface area contributed by atoms with Gasteiger partial charge in [-0.3, -0.25) is 0 Å². The van der Waals surface area contributed by atoms with E-state index in [0.717, 1.165) is 0 Å². The van der Waals surface area contributed by atoms with E-state index in [0.29, 0.717) is 0 Å². The largest absolute Gasteiger partial charge is 0.804 e. The van der Waals surface area contributed by atoms with Crippen molar-refractivity contribution in [3.8, 4) is 0 Å². The van der Waals surface area contributed by atoms with E-state index >= 15 is 0 Å². The smallest absolute Gasteiger partial charge is 0.182 e. The minimum atomic E-state index is -2.33. The molecule has 0 bridgehead atoms. The molecule has 0 amide bonds. The normalized spacial score (nSPS) is 18.6. The van der Waals surface area contributed by atoms with Gasteiger partial charge in [-0.1, -0.05) is 0 Å². The van der Waals surface area contributed by atoms with Gasteiger partial charge in [0.05, 0.1) is 0 Å². The summed E-state index contributed by atoms with van der Waals surface area (Å²) in [6.07, 6.45) is 0. The minimum Gasteiger partial charge on any atom is -0.182 e. The van der Waals surface area contributed by atoms with Gasteiger partial charge in [0.2, 0.25) is 0 Å². The molecule has 1 heterocycles. The van der Waals surface area contributed by atoms with Gasteiger partial charge < -0.3 is 0 Å². The first kappa shape index (κ1) is 25.4. The summed E-state index contributed by atoms with van der Waals surface area (Å²) in [7, 11) is -4.66. The van der Waals surface area contributed by atoms with Gasteiger partial charge in [-0.05, 0) is 6.58 Å². The molecule has 2 unspecified atom stereocenters. The topological polar surface area (TPSA) is 61.8 Å². The molecule has 1 fully saturated rings. The van der Waals surface area contributed by atoms with E-state index in [1.165, 1.54) is 0 Å². The van der Waals surface area contributed by atoms with Crippen molar-refractivity contribution in [3.05, 3.63) is 12.5 Å². The third-order valence-corrected chi connectivity index (χ3v) is 2.26. The van der Waals surface area contributed by atoms with Crippen LogP contribution in [0.15, 0.2) is 12.5 Å². The van der Waals surface area contributed by atoms with Crippen LogP contribution in [0.4, 0.5) is 0 Å². The predicted octanol–water partition coefficient (Wildman–Crippen LogP) is 0.313. The molecule has 13 heavy (non-hydrogen) atoms. The molecule has 0 aromatic heterocycles. The van der Waals surface area contributed by atoms with Crippen molar-refractivity contribution in [2.24, 2.45) is 0 Å². The molecule has 2 atom stereocenters. The van der Waals surface area contributed by atoms with Crippen LogP contribution in [-0.4, -0.2) is 118 Å². The fourth-order valence-electron chi connectivity index (χ4n) is 0.271. The molecule has 1 rings (SSSR count). The first-order valence-corrected chi connectivity index (χ1v) is 4.05. The summed E-state index contributed by atoms with van der Waals surface area (Å²) in [4.78, 5) is 0. The van der Waals surface area contributed by atoms with Gasteiger partial charge in [0.15, 0.2) is 4.31 Å². The average Bonchev–Trinajstić information content (AvgIpc) is 1.59. The van der Waals surface area contributed by atoms with Crippen LogP contribution in [0.25, 0.3) is 0 Å². The zero-order chi connectivity index (χ0) is 6.85. The van der Waals surface area contributed by atoms with E-state index in [9.17, 15) is 9.13 Å². The van der Waals surface area contributed by atoms with Crippen molar-refractivity contribution in [3.63, 3.8) is 0 Å². The Morgan fingerprint density at radius 1 is 0.923 bits per heavy atom. The first-order chi connectivity index (χ1) is 4.18. The van der Waals surface area contributed by atoms with Crippen LogP contribution in [0, 0.1) is 0 Å². The molecule has 0 spiro atoms. The molecular formula is C2H2Na4O5P2+2. The van der Waals surface area contributed by atoms with Crippen molar-refractivity contribution in [1.82, 2.24) is 0 Å². The first-order valence-electron chi connectivity index (χ1n) is 1.86. The van der Waals surface area contributed by atoms with Gasteiger partial charge >= 0.3 is 22.5 Å². The third-order valence-electron chi connectivity index (χ3n) is 0.486. The van der Waals surface area contributed by atoms with Gasteiger partial charge in [-0.15, -0.1) is 0 Å². The Bertz CT molecular complexity index is 152. The Hall–Kier alpha value is 3.50. The molecule has 0 saturated carbocycles. The van der Waals surface area contributed by atoms with Crippen LogP contribution < -0.4 is 0 Å². The van der Waals surface area contributed by atoms with Gasteiger partial charge in [0.1, 0.15) is 0 Å². The summed E-state index contributed by atoms with van der Waals surface area (Å²) in [6.45, 7) is 3.12. The van der Waals surface area contributed by atoms with Gasteiger partial charge in [0.25, 0.3) is 0 Å². The van der Waals surface area contributed by atoms with Crippen molar-refractivity contribution >= 4 is 135 Å². The van der Waals surface area contributed by atoms with E-state index in [-0.39, 0.29) is 124 Å². The van der Waals surface area contributed by atoms with Gasteiger partial charge in [0, 0.05) is 127 Å². The molecule has 1 saturated heterocycles. The maximum Gasteiger partial charge on any atom is 0.804 e. The zero-order valence-corrected chi connectivity index (χ0v) is 17.9. The van der Waals surface area contributed by atoms with Crippen LogP contribution in [0.3, 0.4) is 0 Å². The van der Waals surface area contributed by atoms with Crippen LogP contribution in [0.5, 0.6) is 0 Å². The molecule has 0 aromatic rings. The zero-order valence-electron chi connectivity index (χ0n) is 8.14. The van der Waals surface area contributed by atoms with E-state index in [1.54, 1.807) is 0 Å². The maximum absolute atomic E-state index is 10.3. The molecule has 4 radical (unpaired) electrons. The molecule has 0 aliphatic carbocycles. The van der Waals surface area contributed by atoms with E-state index in [1.807, 2.05) is 0 Å². The summed E-state index contributed by atoms with van der Waals surface area (Å²) in [5, 5.41) is 0. The fraction of sp³-hybridized carbons (Fsp3) is 0. The Balaban J connectivity index is -0.000000101. The van der Waals surface area contributed by atoms with Crippen LogP contribution in [0.2, 0.25) is 0 Å². The molecule has 1 aliphatic heterocycles. The number of rotatable bonds is 0. The SMILES string of the molecule is C=C1O[P+](=O)O[P+](=O)O1.[Na].[Na].[Na].[Na]. The van der Waals surface area contributed by atoms with E-state index < -0.39 is 16.5 Å². The summed E-state index contributed by atoms with van der Waals surface area (Å²) in [5.41, 5.74) is 0. The molecule has 11 heteroatoms. The summed E-state index contributed by atoms with van der Waals surface area (Å²) in [6, 6.07) is 0. The van der Waals surface area contributed by atoms with E-state index in [4.69, 9.17) is 0 Å². The minimum absolute atomic E-state index is 0. The van der Waals surface area contributed by atoms with Crippen molar-refractivity contribution < 1.29 is 22.5 Å². The van der Waals surface area contributed by atoms with Crippen LogP contribution >= 0.6 is 16.5 Å². The molecule has 5 nitrogen and oxygen atoms in total. The van der Waals surface area contributed by atoms with Crippen molar-refractivity contribution in [2.45, 2.75) is 0 Å². The maximum atomic E-state index is 10.3. The Kier molecular flexibility index (Phi) is 26.5. The predicted molar refractivity (Wildman–Crippen MR) is 50.6 cm³/mol. The summed E-state index contributed by atoms with van der Waals surface area (Å²) < 4.78 is 33.1. The van der Waals surface area contributed by atoms with Crippen LogP contribution in [0.1, 0.15) is 0 Å². The Morgan fingerprint density at radius 3 is 1.46 bits per heavy atom. The quantitative estimate of drug-likeness (QED) is 0.463. The second-order valence-corrected chi connectivity index (χ2v) is 3.00. The molecule has 0 aromatic carbocycles. The fourth-order valence-corrected chi connectivity index (χ4v) is 1.44. The second kappa shape index (κ2) is 13.6. The van der Waals surface area contributed by atoms with Gasteiger partial charge in [-0.25, -0.2) is 0 Å². The van der Waals surface area contributed by atoms with Crippen LogP contribution in [-0.2, 0) is 22.5 Å². The third kappa shape index (κ3) is 11.8. The molecule has 0 N–H and O–H groups in total. The standard InChI is InChI=1S/C2H2O5P2.4Na/c1-2-5-8(3)7-9(4)6-2;;;;/h1H2;;;;/q+2;;;;. The molecular weight excluding hydrogens is 258 g/mol. The summed E-state index contributed by atoms with van der Waals surface area (Å²) >= 11 is 0. The van der Waals surface area contributed by atoms with Crippen molar-refractivity contribution in [2.75, 3.05) is 0 Å². The number of hydrogen-bond donors (Lipinski definition) is 0. The summed E-state index contributed by atoms with van der Waals surface area (Å²) in [5.74, 6) is -0.233. The monoisotopic (exact) mass is 260 g/mol. The molecule has 52 valence electrons. The van der Waals surface area contributed by atoms with Gasteiger partial charge in [-0.2, -0.15) is 9.05 Å². The van der Waals surface area contributed by atoms with E-state index in [2.05, 4.69) is 19.9 Å². The Morgan fingerprint density at radius 2 is 1.23 bits per heavy atom. The second-order valence-electron chi connectivity index (χ2n) is 1.08. The molecule has 1 aliphatic rings. The van der Waals surface area contributed by atoms with Crippen molar-refractivity contribution in [1.29, 1.82) is 0 Å².